The van der Waals surface area contributed by atoms with E-state index in [1.807, 2.05) is 64.2 Å². The number of nitrogens with one attached hydrogen (secondary N) is 1. The predicted molar refractivity (Wildman–Crippen MR) is 117 cm³/mol. The van der Waals surface area contributed by atoms with Crippen LogP contribution >= 0.6 is 0 Å². The molecule has 0 bridgehead atoms. The number of alkyl halides is 3. The zero-order valence-electron chi connectivity index (χ0n) is 18.1. The van der Waals surface area contributed by atoms with E-state index >= 15 is 0 Å². The summed E-state index contributed by atoms with van der Waals surface area (Å²) in [6, 6.07) is 0.489. The zero-order valence-corrected chi connectivity index (χ0v) is 18.1. The van der Waals surface area contributed by atoms with E-state index in [1.165, 1.54) is 12.8 Å². The minimum atomic E-state index is -4.30. The van der Waals surface area contributed by atoms with Crippen molar-refractivity contribution < 1.29 is 22.6 Å². The summed E-state index contributed by atoms with van der Waals surface area (Å²) in [5.41, 5.74) is -0.905. The van der Waals surface area contributed by atoms with E-state index in [2.05, 4.69) is 18.5 Å². The fourth-order valence-corrected chi connectivity index (χ4v) is 1.92. The average molecular weight is 416 g/mol. The quantitative estimate of drug-likeness (QED) is 0.198. The Labute approximate surface area is 174 Å². The predicted octanol–water partition coefficient (Wildman–Crippen LogP) is 6.64. The number of allylic oxidation sites excluding steroid dienone is 7. The van der Waals surface area contributed by atoms with Gasteiger partial charge in [-0.25, -0.2) is 0 Å². The minimum Gasteiger partial charge on any atom is -0.497 e. The van der Waals surface area contributed by atoms with Crippen LogP contribution in [0.25, 0.3) is 0 Å². The largest absolute Gasteiger partial charge is 0.497 e. The normalized spacial score (nSPS) is 16.9. The van der Waals surface area contributed by atoms with Gasteiger partial charge in [0.25, 0.3) is 0 Å². The maximum atomic E-state index is 11.3. The molecule has 1 fully saturated rings. The van der Waals surface area contributed by atoms with E-state index in [4.69, 9.17) is 9.47 Å². The van der Waals surface area contributed by atoms with E-state index < -0.39 is 11.7 Å². The Morgan fingerprint density at radius 3 is 2.34 bits per heavy atom. The van der Waals surface area contributed by atoms with Gasteiger partial charge in [-0.15, -0.1) is 0 Å². The molecule has 1 atom stereocenters. The molecule has 1 rings (SSSR count). The second-order valence-corrected chi connectivity index (χ2v) is 5.63. The van der Waals surface area contributed by atoms with Crippen molar-refractivity contribution in [1.29, 1.82) is 0 Å². The summed E-state index contributed by atoms with van der Waals surface area (Å²) in [7, 11) is 0. The van der Waals surface area contributed by atoms with Crippen LogP contribution in [0.1, 0.15) is 40.5 Å². The van der Waals surface area contributed by atoms with Gasteiger partial charge in [0.1, 0.15) is 19.0 Å². The topological polar surface area (TPSA) is 30.5 Å². The average Bonchev–Trinajstić information content (AvgIpc) is 3.23. The lowest BCUT2D eigenvalue weighted by atomic mass is 10.2. The summed E-state index contributed by atoms with van der Waals surface area (Å²) in [5, 5.41) is 3.42. The Kier molecular flexibility index (Phi) is 19.1. The second kappa shape index (κ2) is 19.1. The molecule has 0 aromatic rings. The molecule has 29 heavy (non-hydrogen) atoms. The van der Waals surface area contributed by atoms with Crippen LogP contribution in [-0.2, 0) is 9.47 Å². The summed E-state index contributed by atoms with van der Waals surface area (Å²) in [6.07, 6.45) is 12.2. The fraction of sp³-hybridized carbons (Fsp3) is 0.478. The molecule has 0 radical (unpaired) electrons. The van der Waals surface area contributed by atoms with Crippen LogP contribution in [0.15, 0.2) is 73.3 Å². The number of rotatable bonds is 9. The van der Waals surface area contributed by atoms with Crippen LogP contribution in [0.4, 0.5) is 13.2 Å². The van der Waals surface area contributed by atoms with Gasteiger partial charge in [-0.3, -0.25) is 0 Å². The van der Waals surface area contributed by atoms with E-state index in [0.717, 1.165) is 18.9 Å². The summed E-state index contributed by atoms with van der Waals surface area (Å²) in [6.45, 7) is 16.0. The summed E-state index contributed by atoms with van der Waals surface area (Å²) in [5.74, 6) is 0.863. The fourth-order valence-electron chi connectivity index (χ4n) is 1.92. The first-order valence-electron chi connectivity index (χ1n) is 9.82. The number of ether oxygens (including phenoxy) is 2. The molecule has 1 aliphatic heterocycles. The lowest BCUT2D eigenvalue weighted by molar-refractivity contribution is -0.0877. The van der Waals surface area contributed by atoms with Gasteiger partial charge in [0.2, 0.25) is 0 Å². The molecule has 1 saturated heterocycles. The molecule has 0 aromatic carbocycles. The minimum absolute atomic E-state index is 0.489. The number of halogens is 3. The summed E-state index contributed by atoms with van der Waals surface area (Å²) in [4.78, 5) is 0. The first kappa shape index (κ1) is 29.0. The van der Waals surface area contributed by atoms with Gasteiger partial charge in [0.15, 0.2) is 0 Å². The zero-order chi connectivity index (χ0) is 22.5. The lowest BCUT2D eigenvalue weighted by Gasteiger charge is -2.12. The standard InChI is InChI=1S/C16H25NO2.C5H5F3.C2H6/c1-3-5-12-18-13-7-10-16(8-4-2)19-14-15-9-6-11-17-15;1-3-4(2)5(6,7)8;1-2/h3-5,7-8,10,13,15,17H,6,9,11-12,14H2,1-2H3;3H,1-2H2;1-2H3/b5-3+,8-4-,13-7+,16-10+;;/t15-;;/m1../s1. The Morgan fingerprint density at radius 1 is 1.21 bits per heavy atom. The van der Waals surface area contributed by atoms with Crippen LogP contribution in [0.3, 0.4) is 0 Å². The molecule has 1 heterocycles. The van der Waals surface area contributed by atoms with E-state index in [0.29, 0.717) is 18.7 Å². The van der Waals surface area contributed by atoms with E-state index in [-0.39, 0.29) is 0 Å². The maximum absolute atomic E-state index is 11.3. The molecule has 0 amide bonds. The van der Waals surface area contributed by atoms with Crippen LogP contribution < -0.4 is 5.32 Å². The highest BCUT2D eigenvalue weighted by atomic mass is 19.4. The van der Waals surface area contributed by atoms with Crippen molar-refractivity contribution >= 4 is 0 Å². The maximum Gasteiger partial charge on any atom is 0.415 e. The van der Waals surface area contributed by atoms with Crippen molar-refractivity contribution in [2.45, 2.75) is 52.8 Å². The van der Waals surface area contributed by atoms with Gasteiger partial charge in [0, 0.05) is 11.6 Å². The molecule has 0 saturated carbocycles. The van der Waals surface area contributed by atoms with Gasteiger partial charge in [-0.1, -0.05) is 51.3 Å². The highest BCUT2D eigenvalue weighted by Crippen LogP contribution is 2.23. The Morgan fingerprint density at radius 2 is 1.90 bits per heavy atom. The highest BCUT2D eigenvalue weighted by molar-refractivity contribution is 5.17. The third-order valence-corrected chi connectivity index (χ3v) is 3.42. The summed E-state index contributed by atoms with van der Waals surface area (Å²) < 4.78 is 44.9. The third-order valence-electron chi connectivity index (χ3n) is 3.42. The van der Waals surface area contributed by atoms with Crippen molar-refractivity contribution in [3.05, 3.63) is 73.3 Å². The van der Waals surface area contributed by atoms with Gasteiger partial charge in [0.05, 0.1) is 6.26 Å². The first-order valence-corrected chi connectivity index (χ1v) is 9.82. The van der Waals surface area contributed by atoms with Crippen molar-refractivity contribution in [1.82, 2.24) is 5.32 Å². The Bertz CT molecular complexity index is 541. The van der Waals surface area contributed by atoms with Crippen LogP contribution in [0.2, 0.25) is 0 Å². The third kappa shape index (κ3) is 17.6. The Hall–Kier alpha value is -2.21. The first-order chi connectivity index (χ1) is 13.8. The highest BCUT2D eigenvalue weighted by Gasteiger charge is 2.29. The van der Waals surface area contributed by atoms with Crippen LogP contribution in [0.5, 0.6) is 0 Å². The molecule has 3 nitrogen and oxygen atoms in total. The number of hydrogen-bond donors (Lipinski definition) is 1. The Balaban J connectivity index is 0. The summed E-state index contributed by atoms with van der Waals surface area (Å²) >= 11 is 0. The van der Waals surface area contributed by atoms with Crippen molar-refractivity contribution in [3.63, 3.8) is 0 Å². The molecule has 6 heteroatoms. The smallest absolute Gasteiger partial charge is 0.415 e. The van der Waals surface area contributed by atoms with Crippen molar-refractivity contribution in [3.8, 4) is 0 Å². The molecule has 0 spiro atoms. The van der Waals surface area contributed by atoms with Gasteiger partial charge in [-0.05, 0) is 51.5 Å². The number of hydrogen-bond acceptors (Lipinski definition) is 3. The SMILES string of the molecule is C=CC(=C)C(F)(F)F.CC.C\C=C/C(=C\C=C\OC/C=C/C)OC[C@H]1CCCN1. The molecule has 1 N–H and O–H groups in total. The van der Waals surface area contributed by atoms with Crippen molar-refractivity contribution in [2.75, 3.05) is 19.8 Å². The van der Waals surface area contributed by atoms with Gasteiger partial charge < -0.3 is 14.8 Å². The molecular formula is C23H36F3NO2. The van der Waals surface area contributed by atoms with E-state index in [9.17, 15) is 13.2 Å². The van der Waals surface area contributed by atoms with E-state index in [1.54, 1.807) is 6.26 Å². The molecule has 0 unspecified atom stereocenters. The second-order valence-electron chi connectivity index (χ2n) is 5.63. The van der Waals surface area contributed by atoms with Crippen LogP contribution in [0, 0.1) is 0 Å². The molecular weight excluding hydrogens is 379 g/mol. The molecule has 0 aromatic heterocycles. The van der Waals surface area contributed by atoms with Crippen molar-refractivity contribution in [2.24, 2.45) is 0 Å². The van der Waals surface area contributed by atoms with Crippen LogP contribution in [-0.4, -0.2) is 32.0 Å². The molecule has 1 aliphatic rings. The lowest BCUT2D eigenvalue weighted by Crippen LogP contribution is -2.26. The molecule has 166 valence electrons. The monoisotopic (exact) mass is 415 g/mol. The van der Waals surface area contributed by atoms with Gasteiger partial charge >= 0.3 is 6.18 Å². The van der Waals surface area contributed by atoms with Gasteiger partial charge in [-0.2, -0.15) is 13.2 Å². The molecule has 0 aliphatic carbocycles.